The molecule has 0 saturated carbocycles. The molecule has 1 heterocycles. The van der Waals surface area contributed by atoms with Crippen molar-refractivity contribution in [1.82, 2.24) is 10.0 Å². The van der Waals surface area contributed by atoms with Crippen LogP contribution >= 0.6 is 11.6 Å². The van der Waals surface area contributed by atoms with Crippen LogP contribution in [0, 0.1) is 5.92 Å². The Hall–Kier alpha value is -2.91. The van der Waals surface area contributed by atoms with Gasteiger partial charge in [-0.1, -0.05) is 18.5 Å². The fourth-order valence-electron chi connectivity index (χ4n) is 3.22. The standard InChI is InChI=1S/C22H24ClN3O5S/c1-15(21(28)25-32(30,31)19-11-7-17(23)8-12-19)14-24-22(29)16-5-9-18(10-6-16)26-13-3-2-4-20(26)27/h5-12,15H,2-4,13-14H2,1H3,(H,24,29)(H,25,28). The van der Waals surface area contributed by atoms with Crippen molar-refractivity contribution >= 4 is 45.0 Å². The molecule has 1 atom stereocenters. The highest BCUT2D eigenvalue weighted by Gasteiger charge is 2.23. The third kappa shape index (κ3) is 5.86. The average molecular weight is 478 g/mol. The van der Waals surface area contributed by atoms with Crippen molar-refractivity contribution in [3.63, 3.8) is 0 Å². The predicted octanol–water partition coefficient (Wildman–Crippen LogP) is 2.73. The molecule has 1 unspecified atom stereocenters. The zero-order valence-electron chi connectivity index (χ0n) is 17.5. The molecule has 0 radical (unpaired) electrons. The van der Waals surface area contributed by atoms with Gasteiger partial charge in [-0.05, 0) is 61.4 Å². The molecule has 1 fully saturated rings. The summed E-state index contributed by atoms with van der Waals surface area (Å²) < 4.78 is 26.6. The molecule has 3 rings (SSSR count). The maximum absolute atomic E-state index is 12.4. The number of benzene rings is 2. The smallest absolute Gasteiger partial charge is 0.264 e. The van der Waals surface area contributed by atoms with Crippen LogP contribution < -0.4 is 14.9 Å². The van der Waals surface area contributed by atoms with E-state index in [9.17, 15) is 22.8 Å². The van der Waals surface area contributed by atoms with Crippen molar-refractivity contribution in [2.24, 2.45) is 5.92 Å². The minimum atomic E-state index is -4.04. The molecule has 0 spiro atoms. The molecule has 1 aliphatic rings. The number of hydrogen-bond acceptors (Lipinski definition) is 5. The monoisotopic (exact) mass is 477 g/mol. The van der Waals surface area contributed by atoms with Crippen molar-refractivity contribution in [1.29, 1.82) is 0 Å². The van der Waals surface area contributed by atoms with E-state index in [1.807, 2.05) is 4.72 Å². The molecule has 0 bridgehead atoms. The second-order valence-electron chi connectivity index (χ2n) is 7.58. The molecule has 2 aromatic carbocycles. The minimum Gasteiger partial charge on any atom is -0.351 e. The first-order valence-electron chi connectivity index (χ1n) is 10.2. The largest absolute Gasteiger partial charge is 0.351 e. The summed E-state index contributed by atoms with van der Waals surface area (Å²) in [5.74, 6) is -1.85. The van der Waals surface area contributed by atoms with Crippen molar-refractivity contribution in [2.75, 3.05) is 18.0 Å². The van der Waals surface area contributed by atoms with E-state index in [-0.39, 0.29) is 17.3 Å². The van der Waals surface area contributed by atoms with Gasteiger partial charge in [0.1, 0.15) is 0 Å². The summed E-state index contributed by atoms with van der Waals surface area (Å²) in [6.45, 7) is 2.13. The molecule has 10 heteroatoms. The summed E-state index contributed by atoms with van der Waals surface area (Å²) in [4.78, 5) is 38.3. The number of hydrogen-bond donors (Lipinski definition) is 2. The minimum absolute atomic E-state index is 0.0484. The first-order valence-corrected chi connectivity index (χ1v) is 12.0. The van der Waals surface area contributed by atoms with E-state index in [2.05, 4.69) is 5.32 Å². The van der Waals surface area contributed by atoms with Gasteiger partial charge in [0.15, 0.2) is 0 Å². The van der Waals surface area contributed by atoms with Gasteiger partial charge in [0, 0.05) is 35.8 Å². The molecule has 0 aliphatic carbocycles. The van der Waals surface area contributed by atoms with E-state index in [4.69, 9.17) is 11.6 Å². The Labute approximate surface area is 192 Å². The average Bonchev–Trinajstić information content (AvgIpc) is 2.77. The van der Waals surface area contributed by atoms with Gasteiger partial charge in [-0.25, -0.2) is 13.1 Å². The van der Waals surface area contributed by atoms with E-state index in [1.54, 1.807) is 29.2 Å². The number of nitrogens with one attached hydrogen (secondary N) is 2. The second-order valence-corrected chi connectivity index (χ2v) is 9.70. The van der Waals surface area contributed by atoms with Crippen LogP contribution in [0.4, 0.5) is 5.69 Å². The van der Waals surface area contributed by atoms with Gasteiger partial charge in [0.2, 0.25) is 11.8 Å². The van der Waals surface area contributed by atoms with Gasteiger partial charge in [0.05, 0.1) is 10.8 Å². The summed E-state index contributed by atoms with van der Waals surface area (Å²) in [6, 6.07) is 12.1. The summed E-state index contributed by atoms with van der Waals surface area (Å²) in [5, 5.41) is 3.00. The molecular weight excluding hydrogens is 454 g/mol. The number of sulfonamides is 1. The summed E-state index contributed by atoms with van der Waals surface area (Å²) >= 11 is 5.75. The van der Waals surface area contributed by atoms with Gasteiger partial charge < -0.3 is 10.2 Å². The first kappa shape index (κ1) is 23.7. The molecular formula is C22H24ClN3O5S. The van der Waals surface area contributed by atoms with Crippen LogP contribution in [-0.4, -0.2) is 39.2 Å². The Bertz CT molecular complexity index is 1100. The molecule has 170 valence electrons. The Morgan fingerprint density at radius 1 is 1.06 bits per heavy atom. The van der Waals surface area contributed by atoms with Crippen molar-refractivity contribution < 1.29 is 22.8 Å². The fraction of sp³-hybridized carbons (Fsp3) is 0.318. The van der Waals surface area contributed by atoms with Crippen LogP contribution in [0.25, 0.3) is 0 Å². The topological polar surface area (TPSA) is 113 Å². The summed E-state index contributed by atoms with van der Waals surface area (Å²) in [7, 11) is -4.04. The van der Waals surface area contributed by atoms with E-state index in [0.29, 0.717) is 23.6 Å². The van der Waals surface area contributed by atoms with Crippen LogP contribution in [0.15, 0.2) is 53.4 Å². The zero-order chi connectivity index (χ0) is 23.3. The zero-order valence-corrected chi connectivity index (χ0v) is 19.1. The molecule has 2 N–H and O–H groups in total. The van der Waals surface area contributed by atoms with E-state index in [0.717, 1.165) is 18.5 Å². The number of halogens is 1. The number of carbonyl (C=O) groups is 3. The summed E-state index contributed by atoms with van der Waals surface area (Å²) in [5.41, 5.74) is 1.12. The maximum atomic E-state index is 12.4. The van der Waals surface area contributed by atoms with Gasteiger partial charge >= 0.3 is 0 Å². The fourth-order valence-corrected chi connectivity index (χ4v) is 4.42. The molecule has 1 aliphatic heterocycles. The van der Waals surface area contributed by atoms with Gasteiger partial charge in [-0.15, -0.1) is 0 Å². The van der Waals surface area contributed by atoms with E-state index in [1.165, 1.54) is 31.2 Å². The van der Waals surface area contributed by atoms with Crippen LogP contribution in [-0.2, 0) is 19.6 Å². The molecule has 0 aromatic heterocycles. The van der Waals surface area contributed by atoms with E-state index < -0.39 is 27.8 Å². The normalized spacial score (nSPS) is 15.2. The van der Waals surface area contributed by atoms with Crippen LogP contribution in [0.3, 0.4) is 0 Å². The first-order chi connectivity index (χ1) is 15.2. The quantitative estimate of drug-likeness (QED) is 0.636. The highest BCUT2D eigenvalue weighted by Crippen LogP contribution is 2.21. The lowest BCUT2D eigenvalue weighted by Crippen LogP contribution is -2.40. The number of piperidine rings is 1. The lowest BCUT2D eigenvalue weighted by molar-refractivity contribution is -0.122. The SMILES string of the molecule is CC(CNC(=O)c1ccc(N2CCCCC2=O)cc1)C(=O)NS(=O)(=O)c1ccc(Cl)cc1. The predicted molar refractivity (Wildman–Crippen MR) is 121 cm³/mol. The highest BCUT2D eigenvalue weighted by molar-refractivity contribution is 7.90. The van der Waals surface area contributed by atoms with Crippen LogP contribution in [0.1, 0.15) is 36.5 Å². The number of rotatable bonds is 7. The lowest BCUT2D eigenvalue weighted by Gasteiger charge is -2.26. The molecule has 8 nitrogen and oxygen atoms in total. The maximum Gasteiger partial charge on any atom is 0.264 e. The number of carbonyl (C=O) groups excluding carboxylic acids is 3. The van der Waals surface area contributed by atoms with Crippen molar-refractivity contribution in [3.05, 3.63) is 59.1 Å². The van der Waals surface area contributed by atoms with Crippen LogP contribution in [0.2, 0.25) is 5.02 Å². The number of nitrogens with zero attached hydrogens (tertiary/aromatic N) is 1. The Kier molecular flexibility index (Phi) is 7.52. The highest BCUT2D eigenvalue weighted by atomic mass is 35.5. The summed E-state index contributed by atoms with van der Waals surface area (Å²) in [6.07, 6.45) is 2.36. The van der Waals surface area contributed by atoms with Gasteiger partial charge in [0.25, 0.3) is 15.9 Å². The third-order valence-corrected chi connectivity index (χ3v) is 6.75. The van der Waals surface area contributed by atoms with Crippen molar-refractivity contribution in [3.8, 4) is 0 Å². The Morgan fingerprint density at radius 2 is 1.72 bits per heavy atom. The van der Waals surface area contributed by atoms with E-state index >= 15 is 0 Å². The number of anilines is 1. The van der Waals surface area contributed by atoms with Crippen molar-refractivity contribution in [2.45, 2.75) is 31.1 Å². The second kappa shape index (κ2) is 10.1. The Morgan fingerprint density at radius 3 is 2.34 bits per heavy atom. The van der Waals surface area contributed by atoms with Gasteiger partial charge in [-0.3, -0.25) is 14.4 Å². The molecule has 3 amide bonds. The molecule has 2 aromatic rings. The van der Waals surface area contributed by atoms with Gasteiger partial charge in [-0.2, -0.15) is 0 Å². The Balaban J connectivity index is 1.54. The molecule has 1 saturated heterocycles. The number of amides is 3. The molecule has 32 heavy (non-hydrogen) atoms. The lowest BCUT2D eigenvalue weighted by atomic mass is 10.1. The third-order valence-electron chi connectivity index (χ3n) is 5.14. The van der Waals surface area contributed by atoms with Crippen LogP contribution in [0.5, 0.6) is 0 Å².